The molecule has 0 saturated heterocycles. The van der Waals surface area contributed by atoms with Gasteiger partial charge in [-0.1, -0.05) is 84.5 Å². The second-order valence-corrected chi connectivity index (χ2v) is 5.70. The molecular weight excluding hydrogens is 248 g/mol. The highest BCUT2D eigenvalue weighted by Crippen LogP contribution is 2.12. The summed E-state index contributed by atoms with van der Waals surface area (Å²) in [7, 11) is 0. The molecule has 0 unspecified atom stereocenters. The highest BCUT2D eigenvalue weighted by Gasteiger charge is 2.01. The lowest BCUT2D eigenvalue weighted by atomic mass is 10.0. The van der Waals surface area contributed by atoms with Crippen LogP contribution >= 0.6 is 0 Å². The first-order valence-corrected chi connectivity index (χ1v) is 8.82. The zero-order valence-corrected chi connectivity index (χ0v) is 13.8. The summed E-state index contributed by atoms with van der Waals surface area (Å²) in [6, 6.07) is 0. The van der Waals surface area contributed by atoms with E-state index < -0.39 is 0 Å². The summed E-state index contributed by atoms with van der Waals surface area (Å²) in [5, 5.41) is 0. The fourth-order valence-electron chi connectivity index (χ4n) is 2.35. The van der Waals surface area contributed by atoms with Gasteiger partial charge in [-0.3, -0.25) is 4.79 Å². The van der Waals surface area contributed by atoms with Crippen LogP contribution in [-0.4, -0.2) is 5.97 Å². The van der Waals surface area contributed by atoms with Gasteiger partial charge in [0.1, 0.15) is 6.61 Å². The van der Waals surface area contributed by atoms with Gasteiger partial charge in [-0.15, -0.1) is 0 Å². The van der Waals surface area contributed by atoms with Crippen molar-refractivity contribution >= 4 is 5.97 Å². The van der Waals surface area contributed by atoms with Crippen LogP contribution in [0.25, 0.3) is 0 Å². The van der Waals surface area contributed by atoms with E-state index in [-0.39, 0.29) is 5.97 Å². The SMILES string of the molecule is CC[CH]OC(=O)CCCCCCCCCCCCCC. The highest BCUT2D eigenvalue weighted by molar-refractivity contribution is 5.69. The number of carbonyl (C=O) groups excluding carboxylic acids is 1. The predicted octanol–water partition coefficient (Wildman–Crippen LogP) is 6.19. The molecule has 1 radical (unpaired) electrons. The van der Waals surface area contributed by atoms with Crippen LogP contribution in [-0.2, 0) is 9.53 Å². The molecule has 0 aromatic rings. The number of carbonyl (C=O) groups is 1. The quantitative estimate of drug-likeness (QED) is 0.264. The molecule has 0 aliphatic heterocycles. The Labute approximate surface area is 126 Å². The van der Waals surface area contributed by atoms with Crippen molar-refractivity contribution in [1.29, 1.82) is 0 Å². The number of hydrogen-bond donors (Lipinski definition) is 0. The third kappa shape index (κ3) is 15.5. The van der Waals surface area contributed by atoms with E-state index in [0.717, 1.165) is 19.3 Å². The zero-order chi connectivity index (χ0) is 14.9. The van der Waals surface area contributed by atoms with Gasteiger partial charge >= 0.3 is 5.97 Å². The molecule has 0 saturated carbocycles. The second kappa shape index (κ2) is 16.5. The molecule has 0 N–H and O–H groups in total. The lowest BCUT2D eigenvalue weighted by Crippen LogP contribution is -2.01. The molecule has 0 rings (SSSR count). The lowest BCUT2D eigenvalue weighted by molar-refractivity contribution is -0.140. The fraction of sp³-hybridized carbons (Fsp3) is 0.889. The van der Waals surface area contributed by atoms with Crippen molar-refractivity contribution in [2.24, 2.45) is 0 Å². The van der Waals surface area contributed by atoms with Crippen molar-refractivity contribution in [1.82, 2.24) is 0 Å². The summed E-state index contributed by atoms with van der Waals surface area (Å²) >= 11 is 0. The van der Waals surface area contributed by atoms with Crippen molar-refractivity contribution in [2.45, 2.75) is 104 Å². The van der Waals surface area contributed by atoms with Crippen LogP contribution in [0.5, 0.6) is 0 Å². The molecule has 0 aromatic carbocycles. The average molecular weight is 283 g/mol. The molecule has 2 nitrogen and oxygen atoms in total. The Morgan fingerprint density at radius 3 is 1.65 bits per heavy atom. The third-order valence-electron chi connectivity index (χ3n) is 3.62. The molecule has 2 heteroatoms. The Balaban J connectivity index is 3.04. The van der Waals surface area contributed by atoms with Crippen molar-refractivity contribution in [3.63, 3.8) is 0 Å². The molecule has 119 valence electrons. The average Bonchev–Trinajstić information content (AvgIpc) is 2.46. The van der Waals surface area contributed by atoms with Gasteiger partial charge in [0, 0.05) is 6.42 Å². The Hall–Kier alpha value is -0.530. The summed E-state index contributed by atoms with van der Waals surface area (Å²) in [5.41, 5.74) is 0. The normalized spacial score (nSPS) is 10.7. The number of rotatable bonds is 15. The van der Waals surface area contributed by atoms with E-state index in [9.17, 15) is 4.79 Å². The summed E-state index contributed by atoms with van der Waals surface area (Å²) in [4.78, 5) is 11.2. The Kier molecular flexibility index (Phi) is 16.1. The predicted molar refractivity (Wildman–Crippen MR) is 86.4 cm³/mol. The summed E-state index contributed by atoms with van der Waals surface area (Å²) in [6.45, 7) is 5.82. The maximum Gasteiger partial charge on any atom is 0.306 e. The van der Waals surface area contributed by atoms with Gasteiger partial charge in [0.2, 0.25) is 0 Å². The fourth-order valence-corrected chi connectivity index (χ4v) is 2.35. The largest absolute Gasteiger partial charge is 0.458 e. The maximum atomic E-state index is 11.2. The number of unbranched alkanes of at least 4 members (excludes halogenated alkanes) is 11. The van der Waals surface area contributed by atoms with Gasteiger partial charge in [-0.2, -0.15) is 0 Å². The van der Waals surface area contributed by atoms with Crippen LogP contribution in [0.1, 0.15) is 104 Å². The van der Waals surface area contributed by atoms with E-state index in [2.05, 4.69) is 6.92 Å². The van der Waals surface area contributed by atoms with E-state index in [1.54, 1.807) is 6.61 Å². The zero-order valence-electron chi connectivity index (χ0n) is 13.8. The molecule has 0 atom stereocenters. The van der Waals surface area contributed by atoms with E-state index >= 15 is 0 Å². The topological polar surface area (TPSA) is 26.3 Å². The monoisotopic (exact) mass is 283 g/mol. The number of esters is 1. The first kappa shape index (κ1) is 19.5. The standard InChI is InChI=1S/C18H35O2/c1-3-5-6-7-8-9-10-11-12-13-14-15-16-18(19)20-17-4-2/h17H,3-16H2,1-2H3. The molecule has 0 spiro atoms. The Morgan fingerprint density at radius 1 is 0.750 bits per heavy atom. The number of hydrogen-bond acceptors (Lipinski definition) is 2. The molecule has 20 heavy (non-hydrogen) atoms. The van der Waals surface area contributed by atoms with Gasteiger partial charge in [0.15, 0.2) is 0 Å². The van der Waals surface area contributed by atoms with E-state index in [4.69, 9.17) is 4.74 Å². The minimum absolute atomic E-state index is 0.0704. The van der Waals surface area contributed by atoms with Gasteiger partial charge in [0.25, 0.3) is 0 Å². The highest BCUT2D eigenvalue weighted by atomic mass is 16.5. The second-order valence-electron chi connectivity index (χ2n) is 5.70. The lowest BCUT2D eigenvalue weighted by Gasteiger charge is -2.03. The first-order valence-electron chi connectivity index (χ1n) is 8.82. The Bertz CT molecular complexity index is 202. The van der Waals surface area contributed by atoms with Crippen molar-refractivity contribution in [2.75, 3.05) is 0 Å². The Morgan fingerprint density at radius 2 is 1.20 bits per heavy atom. The summed E-state index contributed by atoms with van der Waals surface area (Å²) in [6.07, 6.45) is 17.3. The van der Waals surface area contributed by atoms with Crippen molar-refractivity contribution in [3.8, 4) is 0 Å². The van der Waals surface area contributed by atoms with Crippen molar-refractivity contribution in [3.05, 3.63) is 6.61 Å². The maximum absolute atomic E-state index is 11.2. The third-order valence-corrected chi connectivity index (χ3v) is 3.62. The molecule has 0 heterocycles. The van der Waals surface area contributed by atoms with Crippen molar-refractivity contribution < 1.29 is 9.53 Å². The van der Waals surface area contributed by atoms with E-state index in [1.807, 2.05) is 6.92 Å². The van der Waals surface area contributed by atoms with Crippen LogP contribution in [0.4, 0.5) is 0 Å². The summed E-state index contributed by atoms with van der Waals surface area (Å²) < 4.78 is 4.93. The van der Waals surface area contributed by atoms with Gasteiger partial charge in [-0.05, 0) is 12.8 Å². The smallest absolute Gasteiger partial charge is 0.306 e. The van der Waals surface area contributed by atoms with Gasteiger partial charge in [-0.25, -0.2) is 0 Å². The molecule has 0 amide bonds. The summed E-state index contributed by atoms with van der Waals surface area (Å²) in [5.74, 6) is -0.0704. The van der Waals surface area contributed by atoms with Crippen LogP contribution in [0, 0.1) is 6.61 Å². The molecule has 0 fully saturated rings. The van der Waals surface area contributed by atoms with Crippen LogP contribution < -0.4 is 0 Å². The number of ether oxygens (including phenoxy) is 1. The molecule has 0 aliphatic carbocycles. The first-order chi connectivity index (χ1) is 9.81. The van der Waals surface area contributed by atoms with Crippen LogP contribution in [0.2, 0.25) is 0 Å². The molecular formula is C18H35O2. The molecule has 0 bridgehead atoms. The van der Waals surface area contributed by atoms with Gasteiger partial charge < -0.3 is 4.74 Å². The van der Waals surface area contributed by atoms with E-state index in [1.165, 1.54) is 64.2 Å². The van der Waals surface area contributed by atoms with Crippen LogP contribution in [0.15, 0.2) is 0 Å². The van der Waals surface area contributed by atoms with E-state index in [0.29, 0.717) is 6.42 Å². The van der Waals surface area contributed by atoms with Crippen LogP contribution in [0.3, 0.4) is 0 Å². The minimum Gasteiger partial charge on any atom is -0.458 e. The molecule has 0 aliphatic rings. The van der Waals surface area contributed by atoms with Gasteiger partial charge in [0.05, 0.1) is 0 Å². The minimum atomic E-state index is -0.0704. The molecule has 0 aromatic heterocycles.